The first-order valence-electron chi connectivity index (χ1n) is 10.9. The van der Waals surface area contributed by atoms with Crippen molar-refractivity contribution in [3.05, 3.63) is 81.7 Å². The zero-order chi connectivity index (χ0) is 22.2. The molecular weight excluding hydrogens is 418 g/mol. The molecule has 0 saturated carbocycles. The van der Waals surface area contributed by atoms with Crippen molar-refractivity contribution in [1.29, 1.82) is 0 Å². The minimum Gasteiger partial charge on any atom is -0.372 e. The van der Waals surface area contributed by atoms with Gasteiger partial charge in [0.25, 0.3) is 11.8 Å². The third-order valence-corrected chi connectivity index (χ3v) is 7.10. The first-order valence-corrected chi connectivity index (χ1v) is 11.8. The summed E-state index contributed by atoms with van der Waals surface area (Å²) in [5.74, 6) is -0.623. The maximum Gasteiger partial charge on any atom is 0.282 e. The van der Waals surface area contributed by atoms with Gasteiger partial charge in [-0.1, -0.05) is 12.1 Å². The molecule has 2 amide bonds. The minimum atomic E-state index is -0.328. The lowest BCUT2D eigenvalue weighted by Crippen LogP contribution is -2.32. The average molecular weight is 444 g/mol. The van der Waals surface area contributed by atoms with Crippen molar-refractivity contribution in [3.8, 4) is 0 Å². The van der Waals surface area contributed by atoms with Gasteiger partial charge in [0.05, 0.1) is 11.3 Å². The SMILES string of the molecule is Cc1ccc(N2C(=O)C(Nc3ccc(N4CCCC4)cc3)=C(c3cccs3)C2=O)cc1C. The molecule has 5 nitrogen and oxygen atoms in total. The van der Waals surface area contributed by atoms with Crippen LogP contribution in [0.4, 0.5) is 17.1 Å². The van der Waals surface area contributed by atoms with E-state index in [9.17, 15) is 9.59 Å². The van der Waals surface area contributed by atoms with E-state index in [1.165, 1.54) is 34.8 Å². The predicted octanol–water partition coefficient (Wildman–Crippen LogP) is 5.36. The van der Waals surface area contributed by atoms with Gasteiger partial charge in [0.2, 0.25) is 0 Å². The van der Waals surface area contributed by atoms with Crippen molar-refractivity contribution >= 4 is 45.8 Å². The fourth-order valence-electron chi connectivity index (χ4n) is 4.27. The lowest BCUT2D eigenvalue weighted by Gasteiger charge is -2.18. The Morgan fingerprint density at radius 3 is 2.22 bits per heavy atom. The molecule has 1 aromatic heterocycles. The van der Waals surface area contributed by atoms with Gasteiger partial charge >= 0.3 is 0 Å². The highest BCUT2D eigenvalue weighted by molar-refractivity contribution is 7.11. The summed E-state index contributed by atoms with van der Waals surface area (Å²) in [4.78, 5) is 31.4. The largest absolute Gasteiger partial charge is 0.372 e. The van der Waals surface area contributed by atoms with Crippen LogP contribution in [0.15, 0.2) is 65.7 Å². The van der Waals surface area contributed by atoms with Crippen LogP contribution >= 0.6 is 11.3 Å². The molecule has 162 valence electrons. The molecule has 32 heavy (non-hydrogen) atoms. The van der Waals surface area contributed by atoms with Gasteiger partial charge in [-0.2, -0.15) is 0 Å². The monoisotopic (exact) mass is 443 g/mol. The fraction of sp³-hybridized carbons (Fsp3) is 0.231. The number of imide groups is 1. The molecule has 1 saturated heterocycles. The summed E-state index contributed by atoms with van der Waals surface area (Å²) in [5, 5.41) is 5.18. The highest BCUT2D eigenvalue weighted by Gasteiger charge is 2.40. The Bertz CT molecular complexity index is 1210. The van der Waals surface area contributed by atoms with Crippen molar-refractivity contribution in [2.75, 3.05) is 28.2 Å². The molecule has 0 radical (unpaired) electrons. The number of amides is 2. The molecule has 0 atom stereocenters. The molecule has 2 aliphatic heterocycles. The molecule has 0 spiro atoms. The molecule has 2 aromatic carbocycles. The van der Waals surface area contributed by atoms with E-state index >= 15 is 0 Å². The van der Waals surface area contributed by atoms with Crippen LogP contribution in [0.25, 0.3) is 5.57 Å². The first kappa shape index (κ1) is 20.5. The summed E-state index contributed by atoms with van der Waals surface area (Å²) in [6.07, 6.45) is 2.45. The standard InChI is InChI=1S/C26H25N3O2S/c1-17-7-10-21(16-18(17)2)29-25(30)23(22-6-5-15-32-22)24(26(29)31)27-19-8-11-20(12-9-19)28-13-3-4-14-28/h5-12,15-16,27H,3-4,13-14H2,1-2H3. The number of nitrogens with one attached hydrogen (secondary N) is 1. The number of aryl methyl sites for hydroxylation is 2. The van der Waals surface area contributed by atoms with Gasteiger partial charge in [-0.05, 0) is 85.7 Å². The lowest BCUT2D eigenvalue weighted by atomic mass is 10.1. The van der Waals surface area contributed by atoms with Crippen molar-refractivity contribution < 1.29 is 9.59 Å². The van der Waals surface area contributed by atoms with Gasteiger partial charge in [0, 0.05) is 29.3 Å². The normalized spacial score (nSPS) is 16.4. The molecule has 0 aliphatic carbocycles. The Balaban J connectivity index is 1.49. The molecule has 3 aromatic rings. The van der Waals surface area contributed by atoms with Gasteiger partial charge in [-0.3, -0.25) is 9.59 Å². The lowest BCUT2D eigenvalue weighted by molar-refractivity contribution is -0.120. The molecule has 5 rings (SSSR count). The van der Waals surface area contributed by atoms with E-state index in [2.05, 4.69) is 22.3 Å². The molecule has 2 aliphatic rings. The average Bonchev–Trinajstić information content (AvgIpc) is 3.54. The summed E-state index contributed by atoms with van der Waals surface area (Å²) in [6, 6.07) is 17.5. The van der Waals surface area contributed by atoms with E-state index in [-0.39, 0.29) is 11.8 Å². The minimum absolute atomic E-state index is 0.295. The van der Waals surface area contributed by atoms with Crippen LogP contribution in [0.2, 0.25) is 0 Å². The van der Waals surface area contributed by atoms with Gasteiger partial charge in [-0.25, -0.2) is 4.90 Å². The Kier molecular flexibility index (Phi) is 5.31. The van der Waals surface area contributed by atoms with Crippen molar-refractivity contribution in [1.82, 2.24) is 0 Å². The van der Waals surface area contributed by atoms with Crippen molar-refractivity contribution in [3.63, 3.8) is 0 Å². The van der Waals surface area contributed by atoms with Gasteiger partial charge in [-0.15, -0.1) is 11.3 Å². The second-order valence-corrected chi connectivity index (χ2v) is 9.26. The van der Waals surface area contributed by atoms with Crippen LogP contribution in [0.5, 0.6) is 0 Å². The Morgan fingerprint density at radius 2 is 1.56 bits per heavy atom. The number of hydrogen-bond donors (Lipinski definition) is 1. The number of thiophene rings is 1. The number of carbonyl (C=O) groups is 2. The van der Waals surface area contributed by atoms with Crippen LogP contribution in [-0.2, 0) is 9.59 Å². The molecule has 1 fully saturated rings. The van der Waals surface area contributed by atoms with Crippen LogP contribution < -0.4 is 15.1 Å². The summed E-state index contributed by atoms with van der Waals surface area (Å²) in [5.41, 5.74) is 5.48. The molecular formula is C26H25N3O2S. The molecule has 6 heteroatoms. The van der Waals surface area contributed by atoms with Gasteiger partial charge < -0.3 is 10.2 Å². The van der Waals surface area contributed by atoms with E-state index < -0.39 is 0 Å². The summed E-state index contributed by atoms with van der Waals surface area (Å²) in [6.45, 7) is 6.16. The zero-order valence-corrected chi connectivity index (χ0v) is 19.0. The first-order chi connectivity index (χ1) is 15.5. The van der Waals surface area contributed by atoms with E-state index in [0.717, 1.165) is 34.8 Å². The summed E-state index contributed by atoms with van der Waals surface area (Å²) < 4.78 is 0. The van der Waals surface area contributed by atoms with E-state index in [1.54, 1.807) is 0 Å². The number of hydrogen-bond acceptors (Lipinski definition) is 5. The third kappa shape index (κ3) is 3.60. The molecule has 3 heterocycles. The fourth-order valence-corrected chi connectivity index (χ4v) is 5.04. The van der Waals surface area contributed by atoms with E-state index in [0.29, 0.717) is 17.0 Å². The summed E-state index contributed by atoms with van der Waals surface area (Å²) in [7, 11) is 0. The number of nitrogens with zero attached hydrogens (tertiary/aromatic N) is 2. The number of carbonyl (C=O) groups excluding carboxylic acids is 2. The van der Waals surface area contributed by atoms with Crippen LogP contribution in [-0.4, -0.2) is 24.9 Å². The number of anilines is 3. The second kappa shape index (κ2) is 8.28. The predicted molar refractivity (Wildman–Crippen MR) is 131 cm³/mol. The second-order valence-electron chi connectivity index (χ2n) is 8.31. The van der Waals surface area contributed by atoms with Gasteiger partial charge in [0.1, 0.15) is 5.70 Å². The Morgan fingerprint density at radius 1 is 0.844 bits per heavy atom. The van der Waals surface area contributed by atoms with Crippen LogP contribution in [0, 0.1) is 13.8 Å². The summed E-state index contributed by atoms with van der Waals surface area (Å²) >= 11 is 1.46. The number of rotatable bonds is 5. The van der Waals surface area contributed by atoms with Crippen molar-refractivity contribution in [2.24, 2.45) is 0 Å². The smallest absolute Gasteiger partial charge is 0.282 e. The molecule has 0 unspecified atom stereocenters. The van der Waals surface area contributed by atoms with Crippen LogP contribution in [0.1, 0.15) is 28.8 Å². The van der Waals surface area contributed by atoms with E-state index in [4.69, 9.17) is 0 Å². The highest BCUT2D eigenvalue weighted by Crippen LogP contribution is 2.36. The van der Waals surface area contributed by atoms with Gasteiger partial charge in [0.15, 0.2) is 0 Å². The molecule has 1 N–H and O–H groups in total. The Labute approximate surface area is 192 Å². The molecule has 0 bridgehead atoms. The maximum absolute atomic E-state index is 13.5. The third-order valence-electron chi connectivity index (χ3n) is 6.21. The maximum atomic E-state index is 13.5. The highest BCUT2D eigenvalue weighted by atomic mass is 32.1. The Hall–Kier alpha value is -3.38. The van der Waals surface area contributed by atoms with Crippen LogP contribution in [0.3, 0.4) is 0 Å². The zero-order valence-electron chi connectivity index (χ0n) is 18.2. The number of benzene rings is 2. The quantitative estimate of drug-likeness (QED) is 0.539. The van der Waals surface area contributed by atoms with E-state index in [1.807, 2.05) is 61.7 Å². The van der Waals surface area contributed by atoms with Crippen molar-refractivity contribution in [2.45, 2.75) is 26.7 Å². The topological polar surface area (TPSA) is 52.7 Å².